The van der Waals surface area contributed by atoms with Crippen molar-refractivity contribution >= 4 is 36.0 Å². The van der Waals surface area contributed by atoms with Crippen molar-refractivity contribution in [2.45, 2.75) is 38.9 Å². The predicted molar refractivity (Wildman–Crippen MR) is 170 cm³/mol. The molecular weight excluding hydrogens is 524 g/mol. The topological polar surface area (TPSA) is 83.6 Å². The molecular formula is C36H32N2O4. The average Bonchev–Trinajstić information content (AvgIpc) is 2.95. The second-order valence-electron chi connectivity index (χ2n) is 11.5. The molecule has 0 saturated heterocycles. The number of rotatable bonds is 5. The highest BCUT2D eigenvalue weighted by Gasteiger charge is 2.24. The number of aliphatic imine (C=N–C) groups is 2. The fourth-order valence-corrected chi connectivity index (χ4v) is 4.97. The average molecular weight is 557 g/mol. The van der Waals surface area contributed by atoms with Gasteiger partial charge in [0, 0.05) is 57.9 Å². The largest absolute Gasteiger partial charge is 0.507 e. The van der Waals surface area contributed by atoms with E-state index in [-0.39, 0.29) is 11.5 Å². The Morgan fingerprint density at radius 1 is 0.595 bits per heavy atom. The van der Waals surface area contributed by atoms with Crippen LogP contribution < -0.4 is 9.47 Å². The number of hydrogen-bond donors (Lipinski definition) is 2. The van der Waals surface area contributed by atoms with Crippen molar-refractivity contribution in [1.82, 2.24) is 0 Å². The minimum Gasteiger partial charge on any atom is -0.507 e. The van der Waals surface area contributed by atoms with Crippen LogP contribution in [0.5, 0.6) is 23.0 Å². The first-order valence-electron chi connectivity index (χ1n) is 13.8. The summed E-state index contributed by atoms with van der Waals surface area (Å²) >= 11 is 0. The molecule has 2 heterocycles. The Morgan fingerprint density at radius 3 is 1.43 bits per heavy atom. The van der Waals surface area contributed by atoms with E-state index in [0.717, 1.165) is 33.6 Å². The standard InChI is InChI=1S/C36H32N2O4/c1-35(2)15-13-23-17-25(31(39)19-33(23)41-35)21-37-29-11-7-5-9-27(29)28-10-6-8-12-30(28)38-22-26-18-24-14-16-36(3,4)42-34(24)20-32(26)40/h5-22,39-40H,1-4H3. The Balaban J connectivity index is 1.31. The van der Waals surface area contributed by atoms with Crippen LogP contribution >= 0.6 is 0 Å². The maximum absolute atomic E-state index is 10.7. The summed E-state index contributed by atoms with van der Waals surface area (Å²) in [5.41, 5.74) is 5.33. The molecule has 0 aromatic heterocycles. The molecule has 2 N–H and O–H groups in total. The molecule has 0 amide bonds. The van der Waals surface area contributed by atoms with Crippen LogP contribution in [-0.2, 0) is 0 Å². The molecule has 42 heavy (non-hydrogen) atoms. The molecule has 0 saturated carbocycles. The molecule has 4 aromatic rings. The van der Waals surface area contributed by atoms with Crippen LogP contribution in [0.4, 0.5) is 11.4 Å². The number of ether oxygens (including phenoxy) is 2. The number of hydrogen-bond acceptors (Lipinski definition) is 6. The highest BCUT2D eigenvalue weighted by molar-refractivity contribution is 5.93. The Labute approximate surface area is 245 Å². The van der Waals surface area contributed by atoms with Gasteiger partial charge in [0.15, 0.2) is 0 Å². The van der Waals surface area contributed by atoms with Gasteiger partial charge in [0.2, 0.25) is 0 Å². The van der Waals surface area contributed by atoms with Crippen LogP contribution in [0.3, 0.4) is 0 Å². The van der Waals surface area contributed by atoms with E-state index in [9.17, 15) is 10.2 Å². The van der Waals surface area contributed by atoms with Crippen molar-refractivity contribution in [3.63, 3.8) is 0 Å². The van der Waals surface area contributed by atoms with Gasteiger partial charge in [0.1, 0.15) is 34.2 Å². The van der Waals surface area contributed by atoms with E-state index in [0.29, 0.717) is 22.6 Å². The van der Waals surface area contributed by atoms with E-state index in [4.69, 9.17) is 19.5 Å². The zero-order valence-electron chi connectivity index (χ0n) is 24.0. The molecule has 210 valence electrons. The van der Waals surface area contributed by atoms with Crippen molar-refractivity contribution in [1.29, 1.82) is 0 Å². The van der Waals surface area contributed by atoms with E-state index in [1.165, 1.54) is 0 Å². The summed E-state index contributed by atoms with van der Waals surface area (Å²) < 4.78 is 12.0. The van der Waals surface area contributed by atoms with Gasteiger partial charge < -0.3 is 19.7 Å². The zero-order chi connectivity index (χ0) is 29.5. The lowest BCUT2D eigenvalue weighted by Crippen LogP contribution is -2.27. The molecule has 0 fully saturated rings. The van der Waals surface area contributed by atoms with Gasteiger partial charge in [0.25, 0.3) is 0 Å². The molecule has 0 aliphatic carbocycles. The van der Waals surface area contributed by atoms with Crippen LogP contribution in [0, 0.1) is 0 Å². The molecule has 6 heteroatoms. The first-order valence-corrected chi connectivity index (χ1v) is 13.8. The second-order valence-corrected chi connectivity index (χ2v) is 11.5. The number of para-hydroxylation sites is 2. The van der Waals surface area contributed by atoms with Gasteiger partial charge in [-0.05, 0) is 64.1 Å². The van der Waals surface area contributed by atoms with E-state index in [1.54, 1.807) is 24.6 Å². The number of nitrogens with zero attached hydrogens (tertiary/aromatic N) is 2. The van der Waals surface area contributed by atoms with Crippen molar-refractivity contribution in [3.8, 4) is 34.1 Å². The van der Waals surface area contributed by atoms with Crippen LogP contribution in [0.25, 0.3) is 23.3 Å². The van der Waals surface area contributed by atoms with Gasteiger partial charge in [-0.2, -0.15) is 0 Å². The highest BCUT2D eigenvalue weighted by atomic mass is 16.5. The van der Waals surface area contributed by atoms with Crippen molar-refractivity contribution in [2.24, 2.45) is 9.98 Å². The molecule has 0 bridgehead atoms. The van der Waals surface area contributed by atoms with Crippen molar-refractivity contribution in [3.05, 3.63) is 107 Å². The van der Waals surface area contributed by atoms with E-state index < -0.39 is 11.2 Å². The number of phenols is 2. The Bertz CT molecular complexity index is 1680. The summed E-state index contributed by atoms with van der Waals surface area (Å²) in [6.07, 6.45) is 11.3. The predicted octanol–water partition coefficient (Wildman–Crippen LogP) is 8.63. The molecule has 0 unspecified atom stereocenters. The number of fused-ring (bicyclic) bond motifs is 2. The van der Waals surface area contributed by atoms with Crippen LogP contribution in [0.15, 0.2) is 94.9 Å². The monoisotopic (exact) mass is 556 g/mol. The summed E-state index contributed by atoms with van der Waals surface area (Å²) in [5.74, 6) is 1.47. The van der Waals surface area contributed by atoms with E-state index in [1.807, 2.05) is 113 Å². The van der Waals surface area contributed by atoms with Gasteiger partial charge >= 0.3 is 0 Å². The SMILES string of the molecule is CC1(C)C=Cc2cc(C=Nc3ccccc3-c3ccccc3N=Cc3cc4c(cc3O)OC(C)(C)C=C4)c(O)cc2O1. The summed E-state index contributed by atoms with van der Waals surface area (Å²) in [4.78, 5) is 9.52. The number of phenolic OH excluding ortho intramolecular Hbond substituents is 2. The van der Waals surface area contributed by atoms with Crippen molar-refractivity contribution in [2.75, 3.05) is 0 Å². The summed E-state index contributed by atoms with van der Waals surface area (Å²) in [6, 6.07) is 22.6. The highest BCUT2D eigenvalue weighted by Crippen LogP contribution is 2.39. The number of aromatic hydroxyl groups is 2. The van der Waals surface area contributed by atoms with Gasteiger partial charge in [0.05, 0.1) is 11.4 Å². The van der Waals surface area contributed by atoms with Crippen LogP contribution in [-0.4, -0.2) is 33.8 Å². The lowest BCUT2D eigenvalue weighted by atomic mass is 10.00. The molecule has 0 atom stereocenters. The third-order valence-electron chi connectivity index (χ3n) is 7.18. The molecule has 0 spiro atoms. The normalized spacial score (nSPS) is 16.2. The lowest BCUT2D eigenvalue weighted by molar-refractivity contribution is 0.158. The lowest BCUT2D eigenvalue weighted by Gasteiger charge is -2.28. The summed E-state index contributed by atoms with van der Waals surface area (Å²) in [7, 11) is 0. The van der Waals surface area contributed by atoms with Gasteiger partial charge in [-0.3, -0.25) is 9.98 Å². The van der Waals surface area contributed by atoms with Crippen LogP contribution in [0.2, 0.25) is 0 Å². The third kappa shape index (κ3) is 5.56. The van der Waals surface area contributed by atoms with Gasteiger partial charge in [-0.1, -0.05) is 48.6 Å². The minimum absolute atomic E-state index is 0.0970. The summed E-state index contributed by atoms with van der Waals surface area (Å²) in [5, 5.41) is 21.4. The third-order valence-corrected chi connectivity index (χ3v) is 7.18. The molecule has 6 rings (SSSR count). The fraction of sp³-hybridized carbons (Fsp3) is 0.167. The quantitative estimate of drug-likeness (QED) is 0.241. The Hall–Kier alpha value is -5.10. The zero-order valence-corrected chi connectivity index (χ0v) is 24.0. The minimum atomic E-state index is -0.425. The first-order chi connectivity index (χ1) is 20.1. The molecule has 6 nitrogen and oxygen atoms in total. The van der Waals surface area contributed by atoms with E-state index in [2.05, 4.69) is 0 Å². The second kappa shape index (κ2) is 10.4. The Kier molecular flexibility index (Phi) is 6.70. The first kappa shape index (κ1) is 27.1. The fourth-order valence-electron chi connectivity index (χ4n) is 4.97. The smallest absolute Gasteiger partial charge is 0.131 e. The molecule has 2 aliphatic heterocycles. The van der Waals surface area contributed by atoms with Gasteiger partial charge in [-0.15, -0.1) is 0 Å². The van der Waals surface area contributed by atoms with Gasteiger partial charge in [-0.25, -0.2) is 0 Å². The molecule has 2 aliphatic rings. The van der Waals surface area contributed by atoms with E-state index >= 15 is 0 Å². The Morgan fingerprint density at radius 2 is 1.00 bits per heavy atom. The summed E-state index contributed by atoms with van der Waals surface area (Å²) in [6.45, 7) is 7.89. The number of benzene rings is 4. The van der Waals surface area contributed by atoms with Crippen LogP contribution in [0.1, 0.15) is 49.9 Å². The maximum atomic E-state index is 10.7. The van der Waals surface area contributed by atoms with Crippen molar-refractivity contribution < 1.29 is 19.7 Å². The molecule has 0 radical (unpaired) electrons. The molecule has 4 aromatic carbocycles. The maximum Gasteiger partial charge on any atom is 0.131 e.